The number of ketones is 1. The fraction of sp³-hybridized carbons (Fsp3) is 0.789. The molecule has 2 heteroatoms. The van der Waals surface area contributed by atoms with Crippen molar-refractivity contribution in [2.24, 2.45) is 28.6 Å². The maximum Gasteiger partial charge on any atom is 0.139 e. The van der Waals surface area contributed by atoms with Crippen molar-refractivity contribution in [1.29, 1.82) is 5.41 Å². The van der Waals surface area contributed by atoms with Crippen LogP contribution < -0.4 is 0 Å². The van der Waals surface area contributed by atoms with Crippen LogP contribution in [0.5, 0.6) is 0 Å². The Bertz CT molecular complexity index is 548. The Morgan fingerprint density at radius 2 is 1.76 bits per heavy atom. The molecule has 4 aliphatic rings. The van der Waals surface area contributed by atoms with Gasteiger partial charge in [-0.05, 0) is 74.2 Å². The second kappa shape index (κ2) is 4.30. The maximum absolute atomic E-state index is 12.4. The van der Waals surface area contributed by atoms with Gasteiger partial charge in [0, 0.05) is 17.5 Å². The first kappa shape index (κ1) is 13.7. The summed E-state index contributed by atoms with van der Waals surface area (Å²) >= 11 is 0. The van der Waals surface area contributed by atoms with Gasteiger partial charge in [0.15, 0.2) is 0 Å². The average molecular weight is 285 g/mol. The highest BCUT2D eigenvalue weighted by Gasteiger charge is 2.58. The van der Waals surface area contributed by atoms with Crippen LogP contribution in [-0.4, -0.2) is 11.5 Å². The number of allylic oxidation sites excluding steroid dienone is 2. The Kier molecular flexibility index (Phi) is 2.81. The number of carbonyl (C=O) groups is 1. The summed E-state index contributed by atoms with van der Waals surface area (Å²) in [7, 11) is 0. The van der Waals surface area contributed by atoms with Crippen LogP contribution in [0.3, 0.4) is 0 Å². The Morgan fingerprint density at radius 1 is 1.00 bits per heavy atom. The van der Waals surface area contributed by atoms with Crippen molar-refractivity contribution in [3.63, 3.8) is 0 Å². The predicted octanol–water partition coefficient (Wildman–Crippen LogP) is 4.54. The van der Waals surface area contributed by atoms with Gasteiger partial charge in [-0.15, -0.1) is 0 Å². The van der Waals surface area contributed by atoms with Crippen molar-refractivity contribution in [3.8, 4) is 0 Å². The molecule has 0 aromatic rings. The molecule has 114 valence electrons. The Labute approximate surface area is 127 Å². The molecule has 5 atom stereocenters. The van der Waals surface area contributed by atoms with Gasteiger partial charge in [-0.2, -0.15) is 0 Å². The molecule has 2 nitrogen and oxygen atoms in total. The van der Waals surface area contributed by atoms with Gasteiger partial charge in [0.2, 0.25) is 0 Å². The van der Waals surface area contributed by atoms with Gasteiger partial charge in [0.1, 0.15) is 5.78 Å². The molecule has 4 aliphatic carbocycles. The third-order valence-electron chi connectivity index (χ3n) is 7.71. The molecule has 0 radical (unpaired) electrons. The number of fused-ring (bicyclic) bond motifs is 5. The molecule has 0 aromatic heterocycles. The standard InChI is InChI=1S/C19H27NO/c1-18-9-7-13(20)11-12(18)3-4-14-15-5-6-17(21)19(15,2)10-8-16(14)18/h11,14-16,20H,3-10H2,1-2H3. The summed E-state index contributed by atoms with van der Waals surface area (Å²) in [5.41, 5.74) is 2.70. The van der Waals surface area contributed by atoms with Gasteiger partial charge in [-0.25, -0.2) is 0 Å². The minimum atomic E-state index is 0.000118. The third-order valence-corrected chi connectivity index (χ3v) is 7.71. The molecule has 0 spiro atoms. The van der Waals surface area contributed by atoms with E-state index in [4.69, 9.17) is 5.41 Å². The zero-order valence-electron chi connectivity index (χ0n) is 13.4. The summed E-state index contributed by atoms with van der Waals surface area (Å²) < 4.78 is 0. The van der Waals surface area contributed by atoms with E-state index < -0.39 is 0 Å². The molecule has 5 unspecified atom stereocenters. The van der Waals surface area contributed by atoms with Crippen molar-refractivity contribution in [1.82, 2.24) is 0 Å². The highest BCUT2D eigenvalue weighted by atomic mass is 16.1. The summed E-state index contributed by atoms with van der Waals surface area (Å²) in [6, 6.07) is 0. The smallest absolute Gasteiger partial charge is 0.139 e. The lowest BCUT2D eigenvalue weighted by molar-refractivity contribution is -0.132. The summed E-state index contributed by atoms with van der Waals surface area (Å²) in [5, 5.41) is 7.98. The summed E-state index contributed by atoms with van der Waals surface area (Å²) in [4.78, 5) is 12.4. The molecular formula is C19H27NO. The van der Waals surface area contributed by atoms with Crippen LogP contribution in [0.4, 0.5) is 0 Å². The zero-order valence-corrected chi connectivity index (χ0v) is 13.4. The van der Waals surface area contributed by atoms with E-state index in [9.17, 15) is 4.79 Å². The van der Waals surface area contributed by atoms with Gasteiger partial charge in [0.25, 0.3) is 0 Å². The van der Waals surface area contributed by atoms with Crippen molar-refractivity contribution >= 4 is 11.5 Å². The molecule has 0 aliphatic heterocycles. The van der Waals surface area contributed by atoms with Gasteiger partial charge < -0.3 is 5.41 Å². The molecule has 0 saturated heterocycles. The average Bonchev–Trinajstić information content (AvgIpc) is 2.76. The topological polar surface area (TPSA) is 40.9 Å². The highest BCUT2D eigenvalue weighted by Crippen LogP contribution is 2.64. The van der Waals surface area contributed by atoms with Crippen LogP contribution in [0.2, 0.25) is 0 Å². The zero-order chi connectivity index (χ0) is 14.8. The van der Waals surface area contributed by atoms with Crippen molar-refractivity contribution in [2.75, 3.05) is 0 Å². The quantitative estimate of drug-likeness (QED) is 0.697. The first-order valence-electron chi connectivity index (χ1n) is 8.77. The monoisotopic (exact) mass is 285 g/mol. The van der Waals surface area contributed by atoms with E-state index >= 15 is 0 Å². The number of nitrogens with one attached hydrogen (secondary N) is 1. The second-order valence-electron chi connectivity index (χ2n) is 8.45. The first-order valence-corrected chi connectivity index (χ1v) is 8.77. The second-order valence-corrected chi connectivity index (χ2v) is 8.45. The van der Waals surface area contributed by atoms with E-state index in [0.29, 0.717) is 17.1 Å². The number of rotatable bonds is 0. The van der Waals surface area contributed by atoms with Gasteiger partial charge in [0.05, 0.1) is 0 Å². The Morgan fingerprint density at radius 3 is 2.57 bits per heavy atom. The van der Waals surface area contributed by atoms with Crippen molar-refractivity contribution < 1.29 is 4.79 Å². The fourth-order valence-electron chi connectivity index (χ4n) is 6.36. The lowest BCUT2D eigenvalue weighted by atomic mass is 9.47. The molecule has 1 N–H and O–H groups in total. The SMILES string of the molecule is CC12CCC3C(CCC4=CC(=N)CCC43C)C1CCC2=O. The Hall–Kier alpha value is -0.920. The van der Waals surface area contributed by atoms with Crippen LogP contribution in [0.25, 0.3) is 0 Å². The van der Waals surface area contributed by atoms with Crippen LogP contribution >= 0.6 is 0 Å². The van der Waals surface area contributed by atoms with Crippen molar-refractivity contribution in [3.05, 3.63) is 11.6 Å². The minimum Gasteiger partial charge on any atom is -0.305 e. The minimum absolute atomic E-state index is 0.000118. The van der Waals surface area contributed by atoms with Crippen LogP contribution in [0.15, 0.2) is 11.6 Å². The van der Waals surface area contributed by atoms with Crippen LogP contribution in [-0.2, 0) is 4.79 Å². The van der Waals surface area contributed by atoms with Crippen LogP contribution in [0.1, 0.15) is 65.2 Å². The maximum atomic E-state index is 12.4. The Balaban J connectivity index is 1.70. The van der Waals surface area contributed by atoms with E-state index in [2.05, 4.69) is 19.9 Å². The molecule has 0 aromatic carbocycles. The molecule has 21 heavy (non-hydrogen) atoms. The molecule has 4 rings (SSSR count). The first-order chi connectivity index (χ1) is 9.95. The van der Waals surface area contributed by atoms with Gasteiger partial charge in [-0.3, -0.25) is 4.79 Å². The van der Waals surface area contributed by atoms with Crippen LogP contribution in [0, 0.1) is 34.0 Å². The predicted molar refractivity (Wildman–Crippen MR) is 84.4 cm³/mol. The van der Waals surface area contributed by atoms with Gasteiger partial charge >= 0.3 is 0 Å². The lowest BCUT2D eigenvalue weighted by Crippen LogP contribution is -2.50. The molecule has 3 saturated carbocycles. The number of hydrogen-bond donors (Lipinski definition) is 1. The fourth-order valence-corrected chi connectivity index (χ4v) is 6.36. The van der Waals surface area contributed by atoms with E-state index in [-0.39, 0.29) is 5.41 Å². The van der Waals surface area contributed by atoms with E-state index in [1.54, 1.807) is 5.57 Å². The van der Waals surface area contributed by atoms with E-state index in [0.717, 1.165) is 49.7 Å². The number of hydrogen-bond acceptors (Lipinski definition) is 2. The normalized spacial score (nSPS) is 49.2. The summed E-state index contributed by atoms with van der Waals surface area (Å²) in [5.74, 6) is 2.70. The van der Waals surface area contributed by atoms with E-state index in [1.807, 2.05) is 0 Å². The number of Topliss-reactive ketones (excluding diaryl/α,β-unsaturated/α-hetero) is 1. The van der Waals surface area contributed by atoms with Gasteiger partial charge in [-0.1, -0.05) is 19.4 Å². The molecular weight excluding hydrogens is 258 g/mol. The summed E-state index contributed by atoms with van der Waals surface area (Å²) in [6.45, 7) is 4.72. The number of carbonyl (C=O) groups excluding carboxylic acids is 1. The largest absolute Gasteiger partial charge is 0.305 e. The molecule has 0 heterocycles. The summed E-state index contributed by atoms with van der Waals surface area (Å²) in [6.07, 6.45) is 11.0. The lowest BCUT2D eigenvalue weighted by Gasteiger charge is -2.57. The highest BCUT2D eigenvalue weighted by molar-refractivity contribution is 5.94. The third kappa shape index (κ3) is 1.71. The van der Waals surface area contributed by atoms with Crippen molar-refractivity contribution in [2.45, 2.75) is 65.2 Å². The molecule has 3 fully saturated rings. The molecule has 0 bridgehead atoms. The van der Waals surface area contributed by atoms with E-state index in [1.165, 1.54) is 19.3 Å². The molecule has 0 amide bonds.